The van der Waals surface area contributed by atoms with Crippen molar-refractivity contribution in [1.29, 1.82) is 0 Å². The number of phenolic OH excluding ortho intramolecular Hbond substituents is 1. The van der Waals surface area contributed by atoms with Gasteiger partial charge in [0.05, 0.1) is 10.1 Å². The summed E-state index contributed by atoms with van der Waals surface area (Å²) in [6.45, 7) is 8.15. The fraction of sp³-hybridized carbons (Fsp3) is 0.538. The molecule has 0 aliphatic carbocycles. The highest BCUT2D eigenvalue weighted by molar-refractivity contribution is 9.10. The predicted molar refractivity (Wildman–Crippen MR) is 73.2 cm³/mol. The maximum Gasteiger partial charge on any atom is 0.134 e. The van der Waals surface area contributed by atoms with Crippen molar-refractivity contribution in [3.8, 4) is 5.75 Å². The number of halogens is 1. The van der Waals surface area contributed by atoms with Gasteiger partial charge in [-0.1, -0.05) is 12.1 Å². The average molecular weight is 302 g/mol. The third-order valence-corrected chi connectivity index (χ3v) is 3.11. The summed E-state index contributed by atoms with van der Waals surface area (Å²) in [6, 6.07) is 5.64. The molecule has 0 saturated carbocycles. The Balaban J connectivity index is 2.49. The summed E-state index contributed by atoms with van der Waals surface area (Å²) in [5, 5.41) is 13.1. The smallest absolute Gasteiger partial charge is 0.134 e. The number of hydrogen-bond acceptors (Lipinski definition) is 3. The molecule has 1 aromatic rings. The standard InChI is InChI=1S/C13H20BrNO2/c1-4-17-13(2,3)9-15-8-10-6-5-7-11(14)12(10)16/h5-7,15-16H,4,8-9H2,1-3H3. The van der Waals surface area contributed by atoms with Gasteiger partial charge < -0.3 is 15.2 Å². The van der Waals surface area contributed by atoms with Crippen molar-refractivity contribution >= 4 is 15.9 Å². The number of nitrogens with one attached hydrogen (secondary N) is 1. The van der Waals surface area contributed by atoms with E-state index in [1.807, 2.05) is 39.0 Å². The van der Waals surface area contributed by atoms with Crippen molar-refractivity contribution in [2.45, 2.75) is 32.9 Å². The first-order valence-corrected chi connectivity index (χ1v) is 6.56. The Morgan fingerprint density at radius 1 is 1.41 bits per heavy atom. The quantitative estimate of drug-likeness (QED) is 0.848. The van der Waals surface area contributed by atoms with Crippen molar-refractivity contribution in [3.05, 3.63) is 28.2 Å². The van der Waals surface area contributed by atoms with Crippen LogP contribution in [0.5, 0.6) is 5.75 Å². The van der Waals surface area contributed by atoms with Crippen LogP contribution in [0, 0.1) is 0 Å². The summed E-state index contributed by atoms with van der Waals surface area (Å²) < 4.78 is 6.31. The van der Waals surface area contributed by atoms with E-state index in [9.17, 15) is 5.11 Å². The van der Waals surface area contributed by atoms with E-state index in [1.165, 1.54) is 0 Å². The average Bonchev–Trinajstić information content (AvgIpc) is 2.24. The number of rotatable bonds is 6. The van der Waals surface area contributed by atoms with E-state index in [0.717, 1.165) is 16.6 Å². The molecule has 96 valence electrons. The van der Waals surface area contributed by atoms with Gasteiger partial charge in [-0.3, -0.25) is 0 Å². The molecule has 0 bridgehead atoms. The molecule has 0 aromatic heterocycles. The van der Waals surface area contributed by atoms with E-state index < -0.39 is 0 Å². The molecule has 4 heteroatoms. The Morgan fingerprint density at radius 3 is 2.76 bits per heavy atom. The first kappa shape index (κ1) is 14.5. The lowest BCUT2D eigenvalue weighted by molar-refractivity contribution is -0.00900. The molecule has 1 rings (SSSR count). The molecule has 0 heterocycles. The van der Waals surface area contributed by atoms with Crippen LogP contribution < -0.4 is 5.32 Å². The van der Waals surface area contributed by atoms with Crippen LogP contribution in [0.4, 0.5) is 0 Å². The van der Waals surface area contributed by atoms with Gasteiger partial charge >= 0.3 is 0 Å². The van der Waals surface area contributed by atoms with Crippen LogP contribution >= 0.6 is 15.9 Å². The van der Waals surface area contributed by atoms with E-state index in [0.29, 0.717) is 18.9 Å². The molecule has 0 atom stereocenters. The van der Waals surface area contributed by atoms with Gasteiger partial charge in [-0.25, -0.2) is 0 Å². The molecule has 0 saturated heterocycles. The zero-order valence-corrected chi connectivity index (χ0v) is 12.2. The van der Waals surface area contributed by atoms with Crippen LogP contribution in [0.25, 0.3) is 0 Å². The van der Waals surface area contributed by atoms with Gasteiger partial charge in [-0.05, 0) is 42.8 Å². The first-order valence-electron chi connectivity index (χ1n) is 5.77. The lowest BCUT2D eigenvalue weighted by atomic mass is 10.1. The molecule has 0 radical (unpaired) electrons. The van der Waals surface area contributed by atoms with Crippen LogP contribution in [-0.2, 0) is 11.3 Å². The summed E-state index contributed by atoms with van der Waals surface area (Å²) in [5.74, 6) is 0.300. The zero-order chi connectivity index (χ0) is 12.9. The third kappa shape index (κ3) is 4.66. The van der Waals surface area contributed by atoms with E-state index >= 15 is 0 Å². The highest BCUT2D eigenvalue weighted by Crippen LogP contribution is 2.27. The number of para-hydroxylation sites is 1. The molecular weight excluding hydrogens is 282 g/mol. The fourth-order valence-electron chi connectivity index (χ4n) is 1.64. The largest absolute Gasteiger partial charge is 0.506 e. The predicted octanol–water partition coefficient (Wildman–Crippen LogP) is 3.06. The molecule has 17 heavy (non-hydrogen) atoms. The molecule has 2 N–H and O–H groups in total. The Labute approximate surface area is 111 Å². The summed E-state index contributed by atoms with van der Waals surface area (Å²) >= 11 is 3.30. The molecule has 0 aliphatic heterocycles. The number of benzene rings is 1. The number of phenols is 1. The number of ether oxygens (including phenoxy) is 1. The van der Waals surface area contributed by atoms with Crippen molar-refractivity contribution < 1.29 is 9.84 Å². The number of hydrogen-bond donors (Lipinski definition) is 2. The summed E-state index contributed by atoms with van der Waals surface area (Å²) in [4.78, 5) is 0. The van der Waals surface area contributed by atoms with Gasteiger partial charge in [0.15, 0.2) is 0 Å². The molecule has 0 aliphatic rings. The van der Waals surface area contributed by atoms with Crippen molar-refractivity contribution in [3.63, 3.8) is 0 Å². The van der Waals surface area contributed by atoms with Gasteiger partial charge in [-0.2, -0.15) is 0 Å². The van der Waals surface area contributed by atoms with Crippen LogP contribution in [-0.4, -0.2) is 23.9 Å². The summed E-state index contributed by atoms with van der Waals surface area (Å²) in [7, 11) is 0. The highest BCUT2D eigenvalue weighted by atomic mass is 79.9. The van der Waals surface area contributed by atoms with Crippen molar-refractivity contribution in [1.82, 2.24) is 5.32 Å². The van der Waals surface area contributed by atoms with Gasteiger partial charge in [0.1, 0.15) is 5.75 Å². The van der Waals surface area contributed by atoms with Crippen molar-refractivity contribution in [2.75, 3.05) is 13.2 Å². The van der Waals surface area contributed by atoms with Crippen LogP contribution in [0.1, 0.15) is 26.3 Å². The second-order valence-corrected chi connectivity index (χ2v) is 5.40. The van der Waals surface area contributed by atoms with Crippen LogP contribution in [0.15, 0.2) is 22.7 Å². The SMILES string of the molecule is CCOC(C)(C)CNCc1cccc(Br)c1O. The zero-order valence-electron chi connectivity index (χ0n) is 10.6. The molecule has 0 fully saturated rings. The Hall–Kier alpha value is -0.580. The fourth-order valence-corrected chi connectivity index (χ4v) is 2.05. The van der Waals surface area contributed by atoms with Gasteiger partial charge in [0.25, 0.3) is 0 Å². The number of aromatic hydroxyl groups is 1. The third-order valence-electron chi connectivity index (χ3n) is 2.47. The maximum absolute atomic E-state index is 9.81. The van der Waals surface area contributed by atoms with Crippen molar-refractivity contribution in [2.24, 2.45) is 0 Å². The van der Waals surface area contributed by atoms with Gasteiger partial charge in [0.2, 0.25) is 0 Å². The topological polar surface area (TPSA) is 41.5 Å². The molecule has 3 nitrogen and oxygen atoms in total. The summed E-state index contributed by atoms with van der Waals surface area (Å²) in [6.07, 6.45) is 0. The molecule has 1 aromatic carbocycles. The minimum Gasteiger partial charge on any atom is -0.506 e. The minimum atomic E-state index is -0.184. The van der Waals surface area contributed by atoms with Gasteiger partial charge in [-0.15, -0.1) is 0 Å². The second-order valence-electron chi connectivity index (χ2n) is 4.54. The van der Waals surface area contributed by atoms with E-state index in [1.54, 1.807) is 0 Å². The first-order chi connectivity index (χ1) is 7.96. The molecule has 0 spiro atoms. The van der Waals surface area contributed by atoms with Crippen LogP contribution in [0.2, 0.25) is 0 Å². The lowest BCUT2D eigenvalue weighted by Gasteiger charge is -2.25. The van der Waals surface area contributed by atoms with E-state index in [4.69, 9.17) is 4.74 Å². The van der Waals surface area contributed by atoms with E-state index in [2.05, 4.69) is 21.2 Å². The Kier molecular flexibility index (Phi) is 5.43. The normalized spacial score (nSPS) is 11.8. The van der Waals surface area contributed by atoms with Gasteiger partial charge in [0, 0.05) is 25.3 Å². The maximum atomic E-state index is 9.81. The Morgan fingerprint density at radius 2 is 2.12 bits per heavy atom. The Bertz CT molecular complexity index is 366. The minimum absolute atomic E-state index is 0.184. The molecule has 0 unspecified atom stereocenters. The monoisotopic (exact) mass is 301 g/mol. The van der Waals surface area contributed by atoms with Crippen LogP contribution in [0.3, 0.4) is 0 Å². The highest BCUT2D eigenvalue weighted by Gasteiger charge is 2.16. The second kappa shape index (κ2) is 6.38. The summed E-state index contributed by atoms with van der Waals surface area (Å²) in [5.41, 5.74) is 0.697. The van der Waals surface area contributed by atoms with E-state index in [-0.39, 0.29) is 5.60 Å². The molecule has 0 amide bonds. The lowest BCUT2D eigenvalue weighted by Crippen LogP contribution is -2.37. The molecular formula is C13H20BrNO2.